The first-order valence-electron chi connectivity index (χ1n) is 7.91. The van der Waals surface area contributed by atoms with Crippen molar-refractivity contribution >= 4 is 17.2 Å². The van der Waals surface area contributed by atoms with Crippen molar-refractivity contribution in [2.24, 2.45) is 5.92 Å². The standard InChI is InChI=1S/C18H20N4OS/c1-13(2)17(11-22-19-8-9-20-22)21-18(23)15-5-3-14(4-6-15)16-7-10-24-12-16/h3-10,12-13,17H,11H2,1-2H3,(H,21,23). The van der Waals surface area contributed by atoms with E-state index in [4.69, 9.17) is 0 Å². The number of benzene rings is 1. The number of thiophene rings is 1. The minimum Gasteiger partial charge on any atom is -0.347 e. The predicted molar refractivity (Wildman–Crippen MR) is 95.9 cm³/mol. The average Bonchev–Trinajstić information content (AvgIpc) is 3.28. The summed E-state index contributed by atoms with van der Waals surface area (Å²) < 4.78 is 0. The number of hydrogen-bond acceptors (Lipinski definition) is 4. The van der Waals surface area contributed by atoms with E-state index in [1.807, 2.05) is 29.6 Å². The van der Waals surface area contributed by atoms with Crippen molar-refractivity contribution in [3.8, 4) is 11.1 Å². The molecule has 24 heavy (non-hydrogen) atoms. The molecule has 1 unspecified atom stereocenters. The fourth-order valence-electron chi connectivity index (χ4n) is 2.43. The molecular weight excluding hydrogens is 320 g/mol. The van der Waals surface area contributed by atoms with Crippen LogP contribution in [-0.4, -0.2) is 26.9 Å². The smallest absolute Gasteiger partial charge is 0.251 e. The third-order valence-electron chi connectivity index (χ3n) is 3.95. The minimum absolute atomic E-state index is 0.0264. The molecule has 0 saturated heterocycles. The molecule has 6 heteroatoms. The van der Waals surface area contributed by atoms with Crippen LogP contribution in [0.2, 0.25) is 0 Å². The van der Waals surface area contributed by atoms with E-state index in [9.17, 15) is 4.79 Å². The van der Waals surface area contributed by atoms with Crippen molar-refractivity contribution in [1.29, 1.82) is 0 Å². The van der Waals surface area contributed by atoms with Gasteiger partial charge in [0.2, 0.25) is 0 Å². The molecule has 1 N–H and O–H groups in total. The Bertz CT molecular complexity index is 764. The summed E-state index contributed by atoms with van der Waals surface area (Å²) in [5.74, 6) is 0.211. The van der Waals surface area contributed by atoms with Crippen LogP contribution in [0.25, 0.3) is 11.1 Å². The SMILES string of the molecule is CC(C)C(Cn1nccn1)NC(=O)c1ccc(-c2ccsc2)cc1. The Morgan fingerprint density at radius 2 is 1.83 bits per heavy atom. The molecule has 0 aliphatic rings. The van der Waals surface area contributed by atoms with Crippen LogP contribution in [0.4, 0.5) is 0 Å². The first-order valence-corrected chi connectivity index (χ1v) is 8.85. The van der Waals surface area contributed by atoms with Crippen molar-refractivity contribution in [2.75, 3.05) is 0 Å². The molecule has 0 spiro atoms. The van der Waals surface area contributed by atoms with Crippen LogP contribution in [0.5, 0.6) is 0 Å². The second-order valence-corrected chi connectivity index (χ2v) is 6.78. The molecule has 3 aromatic rings. The van der Waals surface area contributed by atoms with E-state index in [-0.39, 0.29) is 17.9 Å². The number of carbonyl (C=O) groups excluding carboxylic acids is 1. The van der Waals surface area contributed by atoms with Gasteiger partial charge in [0.15, 0.2) is 0 Å². The molecule has 3 rings (SSSR count). The van der Waals surface area contributed by atoms with Gasteiger partial charge in [-0.3, -0.25) is 4.79 Å². The Kier molecular flexibility index (Phi) is 5.05. The number of nitrogens with one attached hydrogen (secondary N) is 1. The van der Waals surface area contributed by atoms with Gasteiger partial charge in [0, 0.05) is 5.56 Å². The number of nitrogens with zero attached hydrogens (tertiary/aromatic N) is 3. The largest absolute Gasteiger partial charge is 0.347 e. The summed E-state index contributed by atoms with van der Waals surface area (Å²) in [4.78, 5) is 14.1. The first-order chi connectivity index (χ1) is 11.6. The van der Waals surface area contributed by atoms with Crippen LogP contribution in [0.15, 0.2) is 53.5 Å². The Labute approximate surface area is 145 Å². The Morgan fingerprint density at radius 3 is 2.42 bits per heavy atom. The van der Waals surface area contributed by atoms with E-state index < -0.39 is 0 Å². The summed E-state index contributed by atoms with van der Waals surface area (Å²) in [5, 5.41) is 15.5. The predicted octanol–water partition coefficient (Wildman–Crippen LogP) is 3.46. The molecule has 0 bridgehead atoms. The molecule has 1 atom stereocenters. The molecule has 2 aromatic heterocycles. The normalized spacial score (nSPS) is 12.3. The van der Waals surface area contributed by atoms with Gasteiger partial charge in [0.05, 0.1) is 25.0 Å². The van der Waals surface area contributed by atoms with E-state index in [2.05, 4.69) is 40.8 Å². The number of aromatic nitrogens is 3. The molecular formula is C18H20N4OS. The van der Waals surface area contributed by atoms with Gasteiger partial charge in [-0.1, -0.05) is 26.0 Å². The van der Waals surface area contributed by atoms with Crippen molar-refractivity contribution in [3.63, 3.8) is 0 Å². The highest BCUT2D eigenvalue weighted by Crippen LogP contribution is 2.22. The summed E-state index contributed by atoms with van der Waals surface area (Å²) in [6.07, 6.45) is 3.28. The molecule has 2 heterocycles. The summed E-state index contributed by atoms with van der Waals surface area (Å²) in [7, 11) is 0. The lowest BCUT2D eigenvalue weighted by atomic mass is 10.0. The minimum atomic E-state index is -0.0716. The van der Waals surface area contributed by atoms with Crippen molar-refractivity contribution in [1.82, 2.24) is 20.3 Å². The van der Waals surface area contributed by atoms with E-state index in [0.717, 1.165) is 5.56 Å². The fourth-order valence-corrected chi connectivity index (χ4v) is 3.10. The fraction of sp³-hybridized carbons (Fsp3) is 0.278. The summed E-state index contributed by atoms with van der Waals surface area (Å²) >= 11 is 1.66. The van der Waals surface area contributed by atoms with Crippen LogP contribution in [0, 0.1) is 5.92 Å². The highest BCUT2D eigenvalue weighted by atomic mass is 32.1. The van der Waals surface area contributed by atoms with Gasteiger partial charge in [0.25, 0.3) is 5.91 Å². The average molecular weight is 340 g/mol. The molecule has 0 fully saturated rings. The third kappa shape index (κ3) is 3.89. The quantitative estimate of drug-likeness (QED) is 0.747. The van der Waals surface area contributed by atoms with Crippen LogP contribution in [0.3, 0.4) is 0 Å². The molecule has 124 valence electrons. The van der Waals surface area contributed by atoms with E-state index in [0.29, 0.717) is 12.1 Å². The lowest BCUT2D eigenvalue weighted by Crippen LogP contribution is -2.42. The lowest BCUT2D eigenvalue weighted by Gasteiger charge is -2.22. The maximum atomic E-state index is 12.5. The van der Waals surface area contributed by atoms with Gasteiger partial charge in [-0.25, -0.2) is 0 Å². The number of carbonyl (C=O) groups is 1. The Hall–Kier alpha value is -2.47. The Morgan fingerprint density at radius 1 is 1.12 bits per heavy atom. The molecule has 0 aliphatic carbocycles. The van der Waals surface area contributed by atoms with Crippen molar-refractivity contribution in [2.45, 2.75) is 26.4 Å². The number of hydrogen-bond donors (Lipinski definition) is 1. The molecule has 0 radical (unpaired) electrons. The van der Waals surface area contributed by atoms with Crippen LogP contribution in [-0.2, 0) is 6.54 Å². The zero-order valence-electron chi connectivity index (χ0n) is 13.7. The molecule has 0 aliphatic heterocycles. The maximum Gasteiger partial charge on any atom is 0.251 e. The Balaban J connectivity index is 1.68. The molecule has 1 aromatic carbocycles. The molecule has 5 nitrogen and oxygen atoms in total. The van der Waals surface area contributed by atoms with E-state index >= 15 is 0 Å². The third-order valence-corrected chi connectivity index (χ3v) is 4.63. The topological polar surface area (TPSA) is 59.8 Å². The van der Waals surface area contributed by atoms with Gasteiger partial charge in [-0.15, -0.1) is 0 Å². The van der Waals surface area contributed by atoms with Gasteiger partial charge >= 0.3 is 0 Å². The van der Waals surface area contributed by atoms with Crippen molar-refractivity contribution in [3.05, 3.63) is 59.0 Å². The summed E-state index contributed by atoms with van der Waals surface area (Å²) in [5.41, 5.74) is 2.96. The van der Waals surface area contributed by atoms with Crippen LogP contribution < -0.4 is 5.32 Å². The van der Waals surface area contributed by atoms with Crippen LogP contribution in [0.1, 0.15) is 24.2 Å². The maximum absolute atomic E-state index is 12.5. The van der Waals surface area contributed by atoms with Crippen LogP contribution >= 0.6 is 11.3 Å². The van der Waals surface area contributed by atoms with E-state index in [1.54, 1.807) is 28.5 Å². The second-order valence-electron chi connectivity index (χ2n) is 6.00. The second kappa shape index (κ2) is 7.40. The zero-order valence-corrected chi connectivity index (χ0v) is 14.5. The monoisotopic (exact) mass is 340 g/mol. The van der Waals surface area contributed by atoms with Gasteiger partial charge < -0.3 is 5.32 Å². The highest BCUT2D eigenvalue weighted by Gasteiger charge is 2.18. The van der Waals surface area contributed by atoms with Gasteiger partial charge in [-0.05, 0) is 46.0 Å². The van der Waals surface area contributed by atoms with Crippen molar-refractivity contribution < 1.29 is 4.79 Å². The van der Waals surface area contributed by atoms with E-state index in [1.165, 1.54) is 5.56 Å². The molecule has 1 amide bonds. The lowest BCUT2D eigenvalue weighted by molar-refractivity contribution is 0.0918. The first kappa shape index (κ1) is 16.4. The highest BCUT2D eigenvalue weighted by molar-refractivity contribution is 7.08. The van der Waals surface area contributed by atoms with Gasteiger partial charge in [0.1, 0.15) is 0 Å². The zero-order chi connectivity index (χ0) is 16.9. The molecule has 0 saturated carbocycles. The number of amides is 1. The van der Waals surface area contributed by atoms with Gasteiger partial charge in [-0.2, -0.15) is 26.3 Å². The summed E-state index contributed by atoms with van der Waals surface area (Å²) in [6, 6.07) is 9.75. The summed E-state index contributed by atoms with van der Waals surface area (Å²) in [6.45, 7) is 4.71. The number of rotatable bonds is 6.